The fourth-order valence-corrected chi connectivity index (χ4v) is 6.68. The standard InChI is InChI=1S/C35H27FN2S/c1-35(2,3)23-16-19-30(28(20-23)22-10-5-4-6-11-22)38-31-15-8-7-14-29(31)37-34(38)27-13-9-12-26-25-18-17-24(36)21-32(25)39-33(26)27/h4-21H,1-3H3. The van der Waals surface area contributed by atoms with Crippen molar-refractivity contribution in [3.8, 4) is 28.2 Å². The Morgan fingerprint density at radius 1 is 0.718 bits per heavy atom. The Kier molecular flexibility index (Phi) is 5.43. The van der Waals surface area contributed by atoms with Gasteiger partial charge in [-0.15, -0.1) is 11.3 Å². The van der Waals surface area contributed by atoms with Crippen molar-refractivity contribution >= 4 is 42.5 Å². The first-order valence-corrected chi connectivity index (χ1v) is 14.0. The number of thiophene rings is 1. The van der Waals surface area contributed by atoms with E-state index in [1.165, 1.54) is 5.56 Å². The number of imidazole rings is 1. The summed E-state index contributed by atoms with van der Waals surface area (Å²) in [5.41, 5.74) is 7.75. The molecule has 7 rings (SSSR count). The van der Waals surface area contributed by atoms with Crippen molar-refractivity contribution in [2.75, 3.05) is 0 Å². The molecule has 2 heterocycles. The minimum absolute atomic E-state index is 0.0137. The Balaban J connectivity index is 1.57. The Labute approximate surface area is 231 Å². The maximum absolute atomic E-state index is 14.1. The third-order valence-corrected chi connectivity index (χ3v) is 8.65. The number of rotatable bonds is 3. The highest BCUT2D eigenvalue weighted by molar-refractivity contribution is 7.26. The van der Waals surface area contributed by atoms with E-state index in [1.54, 1.807) is 23.5 Å². The van der Waals surface area contributed by atoms with Crippen LogP contribution in [0.5, 0.6) is 0 Å². The smallest absolute Gasteiger partial charge is 0.147 e. The van der Waals surface area contributed by atoms with E-state index in [1.807, 2.05) is 12.1 Å². The number of fused-ring (bicyclic) bond motifs is 4. The zero-order valence-electron chi connectivity index (χ0n) is 22.1. The summed E-state index contributed by atoms with van der Waals surface area (Å²) in [7, 11) is 0. The van der Waals surface area contributed by atoms with Crippen LogP contribution in [-0.2, 0) is 5.41 Å². The minimum atomic E-state index is -0.214. The Morgan fingerprint density at radius 3 is 2.33 bits per heavy atom. The summed E-state index contributed by atoms with van der Waals surface area (Å²) in [5.74, 6) is 0.670. The molecule has 39 heavy (non-hydrogen) atoms. The molecule has 7 aromatic rings. The molecule has 0 aliphatic carbocycles. The fraction of sp³-hybridized carbons (Fsp3) is 0.114. The third-order valence-electron chi connectivity index (χ3n) is 7.45. The zero-order valence-corrected chi connectivity index (χ0v) is 22.9. The number of hydrogen-bond donors (Lipinski definition) is 0. The van der Waals surface area contributed by atoms with Crippen molar-refractivity contribution in [2.45, 2.75) is 26.2 Å². The molecule has 0 amide bonds. The summed E-state index contributed by atoms with van der Waals surface area (Å²) in [4.78, 5) is 5.20. The number of para-hydroxylation sites is 2. The van der Waals surface area contributed by atoms with E-state index in [2.05, 4.69) is 110 Å². The maximum Gasteiger partial charge on any atom is 0.147 e. The van der Waals surface area contributed by atoms with Gasteiger partial charge in [0.1, 0.15) is 11.6 Å². The summed E-state index contributed by atoms with van der Waals surface area (Å²) < 4.78 is 18.5. The summed E-state index contributed by atoms with van der Waals surface area (Å²) in [5, 5.41) is 2.19. The van der Waals surface area contributed by atoms with Crippen molar-refractivity contribution in [3.05, 3.63) is 121 Å². The van der Waals surface area contributed by atoms with Crippen LogP contribution in [0.15, 0.2) is 109 Å². The summed E-state index contributed by atoms with van der Waals surface area (Å²) in [6.07, 6.45) is 0. The topological polar surface area (TPSA) is 17.8 Å². The van der Waals surface area contributed by atoms with Gasteiger partial charge in [0.15, 0.2) is 0 Å². The average Bonchev–Trinajstić information content (AvgIpc) is 3.50. The number of aromatic nitrogens is 2. The van der Waals surface area contributed by atoms with Crippen molar-refractivity contribution in [2.24, 2.45) is 0 Å². The molecular weight excluding hydrogens is 499 g/mol. The van der Waals surface area contributed by atoms with E-state index in [-0.39, 0.29) is 11.2 Å². The molecule has 0 N–H and O–H groups in total. The van der Waals surface area contributed by atoms with E-state index in [4.69, 9.17) is 4.98 Å². The molecule has 0 bridgehead atoms. The molecule has 0 atom stereocenters. The number of benzene rings is 5. The van der Waals surface area contributed by atoms with Gasteiger partial charge in [0.2, 0.25) is 0 Å². The Bertz CT molecular complexity index is 2010. The molecule has 4 heteroatoms. The largest absolute Gasteiger partial charge is 0.292 e. The van der Waals surface area contributed by atoms with E-state index in [0.29, 0.717) is 0 Å². The van der Waals surface area contributed by atoms with Gasteiger partial charge in [0.05, 0.1) is 16.7 Å². The molecule has 0 radical (unpaired) electrons. The van der Waals surface area contributed by atoms with Crippen LogP contribution in [0.25, 0.3) is 59.4 Å². The summed E-state index contributed by atoms with van der Waals surface area (Å²) in [6.45, 7) is 6.75. The lowest BCUT2D eigenvalue weighted by Crippen LogP contribution is -2.12. The van der Waals surface area contributed by atoms with Gasteiger partial charge < -0.3 is 0 Å². The normalized spacial score (nSPS) is 12.1. The second-order valence-corrected chi connectivity index (χ2v) is 12.1. The second kappa shape index (κ2) is 8.89. The molecule has 0 aliphatic rings. The molecule has 0 saturated carbocycles. The molecule has 0 saturated heterocycles. The van der Waals surface area contributed by atoms with Crippen LogP contribution in [0, 0.1) is 5.82 Å². The van der Waals surface area contributed by atoms with Gasteiger partial charge in [0.25, 0.3) is 0 Å². The van der Waals surface area contributed by atoms with Crippen LogP contribution in [0.4, 0.5) is 4.39 Å². The third kappa shape index (κ3) is 3.95. The SMILES string of the molecule is CC(C)(C)c1ccc(-n2c(-c3cccc4c3sc3cc(F)ccc34)nc3ccccc32)c(-c2ccccc2)c1. The highest BCUT2D eigenvalue weighted by Gasteiger charge is 2.22. The van der Waals surface area contributed by atoms with Crippen LogP contribution in [0.1, 0.15) is 26.3 Å². The lowest BCUT2D eigenvalue weighted by Gasteiger charge is -2.23. The summed E-state index contributed by atoms with van der Waals surface area (Å²) >= 11 is 1.62. The molecule has 2 nitrogen and oxygen atoms in total. The van der Waals surface area contributed by atoms with Gasteiger partial charge >= 0.3 is 0 Å². The lowest BCUT2D eigenvalue weighted by atomic mass is 9.85. The van der Waals surface area contributed by atoms with Gasteiger partial charge in [-0.1, -0.05) is 87.5 Å². The molecule has 0 unspecified atom stereocenters. The van der Waals surface area contributed by atoms with E-state index in [0.717, 1.165) is 59.4 Å². The van der Waals surface area contributed by atoms with E-state index in [9.17, 15) is 4.39 Å². The monoisotopic (exact) mass is 526 g/mol. The summed E-state index contributed by atoms with van der Waals surface area (Å²) in [6, 6.07) is 37.1. The first-order chi connectivity index (χ1) is 18.9. The van der Waals surface area contributed by atoms with Crippen molar-refractivity contribution in [1.29, 1.82) is 0 Å². The predicted molar refractivity (Wildman–Crippen MR) is 163 cm³/mol. The van der Waals surface area contributed by atoms with Crippen molar-refractivity contribution < 1.29 is 4.39 Å². The van der Waals surface area contributed by atoms with Gasteiger partial charge in [-0.2, -0.15) is 0 Å². The lowest BCUT2D eigenvalue weighted by molar-refractivity contribution is 0.590. The van der Waals surface area contributed by atoms with Crippen molar-refractivity contribution in [1.82, 2.24) is 9.55 Å². The van der Waals surface area contributed by atoms with Gasteiger partial charge in [-0.3, -0.25) is 4.57 Å². The fourth-order valence-electron chi connectivity index (χ4n) is 5.45. The zero-order chi connectivity index (χ0) is 26.7. The first kappa shape index (κ1) is 23.8. The Morgan fingerprint density at radius 2 is 1.51 bits per heavy atom. The minimum Gasteiger partial charge on any atom is -0.292 e. The number of halogens is 1. The van der Waals surface area contributed by atoms with Crippen molar-refractivity contribution in [3.63, 3.8) is 0 Å². The van der Waals surface area contributed by atoms with Gasteiger partial charge in [-0.05, 0) is 59.0 Å². The predicted octanol–water partition coefficient (Wildman–Crippen LogP) is 10.2. The molecular formula is C35H27FN2S. The van der Waals surface area contributed by atoms with E-state index < -0.39 is 0 Å². The molecule has 0 aliphatic heterocycles. The molecule has 0 spiro atoms. The second-order valence-electron chi connectivity index (χ2n) is 11.0. The maximum atomic E-state index is 14.1. The molecule has 0 fully saturated rings. The van der Waals surface area contributed by atoms with Crippen LogP contribution >= 0.6 is 11.3 Å². The van der Waals surface area contributed by atoms with Gasteiger partial charge in [0, 0.05) is 31.3 Å². The molecule has 190 valence electrons. The highest BCUT2D eigenvalue weighted by atomic mass is 32.1. The number of hydrogen-bond acceptors (Lipinski definition) is 2. The Hall–Kier alpha value is -4.28. The van der Waals surface area contributed by atoms with Crippen LogP contribution in [-0.4, -0.2) is 9.55 Å². The quantitative estimate of drug-likeness (QED) is 0.224. The van der Waals surface area contributed by atoms with Crippen LogP contribution in [0.2, 0.25) is 0 Å². The van der Waals surface area contributed by atoms with Crippen LogP contribution < -0.4 is 0 Å². The molecule has 2 aromatic heterocycles. The molecule has 5 aromatic carbocycles. The highest BCUT2D eigenvalue weighted by Crippen LogP contribution is 2.42. The van der Waals surface area contributed by atoms with Gasteiger partial charge in [-0.25, -0.2) is 9.37 Å². The first-order valence-electron chi connectivity index (χ1n) is 13.2. The van der Waals surface area contributed by atoms with Crippen LogP contribution in [0.3, 0.4) is 0 Å². The van der Waals surface area contributed by atoms with E-state index >= 15 is 0 Å². The number of nitrogens with zero attached hydrogens (tertiary/aromatic N) is 2. The average molecular weight is 527 g/mol.